The van der Waals surface area contributed by atoms with Gasteiger partial charge in [-0.2, -0.15) is 5.10 Å². The van der Waals surface area contributed by atoms with Gasteiger partial charge in [0.25, 0.3) is 0 Å². The van der Waals surface area contributed by atoms with Crippen molar-refractivity contribution < 1.29 is 4.74 Å². The number of aryl methyl sites for hydroxylation is 1. The fraction of sp³-hybridized carbons (Fsp3) is 0.750. The monoisotopic (exact) mass is 212 g/mol. The topological polar surface area (TPSA) is 27.1 Å². The first-order valence-electron chi connectivity index (χ1n) is 5.96. The molecule has 1 aromatic heterocycles. The highest BCUT2D eigenvalue weighted by molar-refractivity contribution is 4.96. The number of hydrogen-bond acceptors (Lipinski definition) is 2. The molecule has 0 spiro atoms. The second kappa shape index (κ2) is 8.48. The van der Waals surface area contributed by atoms with E-state index in [9.17, 15) is 0 Å². The maximum atomic E-state index is 5.26. The average Bonchev–Trinajstić information content (AvgIpc) is 2.94. The van der Waals surface area contributed by atoms with Gasteiger partial charge in [-0.25, -0.2) is 0 Å². The first kappa shape index (κ1) is 14.2. The fourth-order valence-electron chi connectivity index (χ4n) is 1.37. The molecule has 3 heteroatoms. The summed E-state index contributed by atoms with van der Waals surface area (Å²) in [5.74, 6) is 0. The largest absolute Gasteiger partial charge is 0.379 e. The average molecular weight is 212 g/mol. The van der Waals surface area contributed by atoms with Crippen LogP contribution in [0.4, 0.5) is 0 Å². The van der Waals surface area contributed by atoms with Crippen LogP contribution < -0.4 is 0 Å². The number of aromatic nitrogens is 2. The van der Waals surface area contributed by atoms with Crippen molar-refractivity contribution >= 4 is 0 Å². The molecule has 1 aliphatic heterocycles. The molecule has 2 rings (SSSR count). The van der Waals surface area contributed by atoms with Crippen LogP contribution in [0.3, 0.4) is 0 Å². The van der Waals surface area contributed by atoms with Gasteiger partial charge in [0.15, 0.2) is 0 Å². The minimum Gasteiger partial charge on any atom is -0.379 e. The van der Waals surface area contributed by atoms with Crippen molar-refractivity contribution in [3.8, 4) is 0 Å². The van der Waals surface area contributed by atoms with E-state index in [4.69, 9.17) is 4.74 Å². The molecule has 1 saturated heterocycles. The van der Waals surface area contributed by atoms with E-state index in [2.05, 4.69) is 5.10 Å². The Morgan fingerprint density at radius 3 is 2.40 bits per heavy atom. The van der Waals surface area contributed by atoms with Gasteiger partial charge in [0, 0.05) is 12.8 Å². The van der Waals surface area contributed by atoms with Gasteiger partial charge in [0.2, 0.25) is 0 Å². The van der Waals surface area contributed by atoms with Crippen molar-refractivity contribution in [1.82, 2.24) is 9.78 Å². The molecule has 0 aromatic carbocycles. The Balaban J connectivity index is 0.000000442. The molecule has 1 aromatic rings. The zero-order valence-corrected chi connectivity index (χ0v) is 10.7. The summed E-state index contributed by atoms with van der Waals surface area (Å²) in [4.78, 5) is 0. The minimum atomic E-state index is 0.476. The Morgan fingerprint density at radius 2 is 2.00 bits per heavy atom. The summed E-state index contributed by atoms with van der Waals surface area (Å²) in [5.41, 5.74) is 1.08. The molecule has 0 N–H and O–H groups in total. The molecule has 2 heterocycles. The van der Waals surface area contributed by atoms with Gasteiger partial charge >= 0.3 is 0 Å². The van der Waals surface area contributed by atoms with E-state index in [1.807, 2.05) is 51.6 Å². The Morgan fingerprint density at radius 1 is 1.33 bits per heavy atom. The number of nitrogens with zero attached hydrogens (tertiary/aromatic N) is 2. The smallest absolute Gasteiger partial charge is 0.0774 e. The van der Waals surface area contributed by atoms with E-state index in [1.54, 1.807) is 0 Å². The van der Waals surface area contributed by atoms with E-state index < -0.39 is 0 Å². The highest BCUT2D eigenvalue weighted by atomic mass is 16.5. The van der Waals surface area contributed by atoms with Crippen molar-refractivity contribution in [2.24, 2.45) is 0 Å². The number of ether oxygens (including phenoxy) is 1. The van der Waals surface area contributed by atoms with Crippen molar-refractivity contribution in [2.45, 2.75) is 47.1 Å². The molecule has 0 amide bonds. The summed E-state index contributed by atoms with van der Waals surface area (Å²) in [6, 6.07) is 2.50. The third-order valence-corrected chi connectivity index (χ3v) is 2.02. The zero-order chi connectivity index (χ0) is 11.7. The molecular weight excluding hydrogens is 188 g/mol. The predicted octanol–water partition coefficient (Wildman–Crippen LogP) is 3.21. The predicted molar refractivity (Wildman–Crippen MR) is 64.1 cm³/mol. The second-order valence-corrected chi connectivity index (χ2v) is 2.95. The Bertz CT molecular complexity index is 240. The van der Waals surface area contributed by atoms with Crippen LogP contribution in [0.2, 0.25) is 0 Å². The fourth-order valence-corrected chi connectivity index (χ4v) is 1.37. The van der Waals surface area contributed by atoms with Gasteiger partial charge in [0.1, 0.15) is 0 Å². The Hall–Kier alpha value is -0.830. The van der Waals surface area contributed by atoms with Crippen LogP contribution in [-0.2, 0) is 4.74 Å². The first-order valence-corrected chi connectivity index (χ1v) is 5.96. The standard InChI is InChI=1S/C8H12N2O.2C2H6/c1-7-2-4-10(9-7)8-3-5-11-6-8;2*1-2/h2,4,8H,3,5-6H2,1H3;2*1-2H3. The third kappa shape index (κ3) is 4.47. The van der Waals surface area contributed by atoms with Crippen LogP contribution in [0.15, 0.2) is 12.3 Å². The zero-order valence-electron chi connectivity index (χ0n) is 10.7. The van der Waals surface area contributed by atoms with Gasteiger partial charge in [-0.3, -0.25) is 4.68 Å². The molecule has 15 heavy (non-hydrogen) atoms. The third-order valence-electron chi connectivity index (χ3n) is 2.02. The quantitative estimate of drug-likeness (QED) is 0.714. The van der Waals surface area contributed by atoms with E-state index in [-0.39, 0.29) is 0 Å². The lowest BCUT2D eigenvalue weighted by atomic mass is 10.3. The SMILES string of the molecule is CC.CC.Cc1ccn(C2CCOC2)n1. The normalized spacial score (nSPS) is 18.6. The summed E-state index contributed by atoms with van der Waals surface area (Å²) >= 11 is 0. The summed E-state index contributed by atoms with van der Waals surface area (Å²) in [7, 11) is 0. The lowest BCUT2D eigenvalue weighted by Gasteiger charge is -2.06. The van der Waals surface area contributed by atoms with Crippen LogP contribution in [0, 0.1) is 6.92 Å². The van der Waals surface area contributed by atoms with Gasteiger partial charge in [0.05, 0.1) is 18.3 Å². The van der Waals surface area contributed by atoms with E-state index in [1.165, 1.54) is 0 Å². The highest BCUT2D eigenvalue weighted by Gasteiger charge is 2.17. The molecular formula is C12H24N2O. The van der Waals surface area contributed by atoms with Crippen molar-refractivity contribution in [3.05, 3.63) is 18.0 Å². The molecule has 1 fully saturated rings. The number of hydrogen-bond donors (Lipinski definition) is 0. The lowest BCUT2D eigenvalue weighted by Crippen LogP contribution is -2.08. The van der Waals surface area contributed by atoms with Crippen molar-refractivity contribution in [1.29, 1.82) is 0 Å². The van der Waals surface area contributed by atoms with Crippen LogP contribution in [0.25, 0.3) is 0 Å². The lowest BCUT2D eigenvalue weighted by molar-refractivity contribution is 0.184. The first-order chi connectivity index (χ1) is 7.36. The van der Waals surface area contributed by atoms with Gasteiger partial charge in [-0.15, -0.1) is 0 Å². The molecule has 1 aliphatic rings. The molecule has 88 valence electrons. The van der Waals surface area contributed by atoms with Crippen LogP contribution in [0.1, 0.15) is 45.9 Å². The molecule has 3 nitrogen and oxygen atoms in total. The summed E-state index contributed by atoms with van der Waals surface area (Å²) in [6.45, 7) is 11.7. The van der Waals surface area contributed by atoms with Crippen LogP contribution >= 0.6 is 0 Å². The minimum absolute atomic E-state index is 0.476. The summed E-state index contributed by atoms with van der Waals surface area (Å²) in [5, 5.41) is 4.33. The highest BCUT2D eigenvalue weighted by Crippen LogP contribution is 2.17. The Kier molecular flexibility index (Phi) is 8.01. The van der Waals surface area contributed by atoms with Crippen molar-refractivity contribution in [3.63, 3.8) is 0 Å². The second-order valence-electron chi connectivity index (χ2n) is 2.95. The molecule has 0 aliphatic carbocycles. The van der Waals surface area contributed by atoms with Gasteiger partial charge < -0.3 is 4.74 Å². The van der Waals surface area contributed by atoms with Gasteiger partial charge in [-0.1, -0.05) is 27.7 Å². The molecule has 0 bridgehead atoms. The number of rotatable bonds is 1. The summed E-state index contributed by atoms with van der Waals surface area (Å²) in [6.07, 6.45) is 3.12. The molecule has 0 radical (unpaired) electrons. The van der Waals surface area contributed by atoms with E-state index >= 15 is 0 Å². The maximum absolute atomic E-state index is 5.26. The molecule has 1 atom stereocenters. The Labute approximate surface area is 93.4 Å². The molecule has 0 saturated carbocycles. The summed E-state index contributed by atoms with van der Waals surface area (Å²) < 4.78 is 7.26. The van der Waals surface area contributed by atoms with E-state index in [0.717, 1.165) is 25.3 Å². The maximum Gasteiger partial charge on any atom is 0.0774 e. The van der Waals surface area contributed by atoms with Crippen LogP contribution in [0.5, 0.6) is 0 Å². The van der Waals surface area contributed by atoms with Gasteiger partial charge in [-0.05, 0) is 19.4 Å². The van der Waals surface area contributed by atoms with Crippen molar-refractivity contribution in [2.75, 3.05) is 13.2 Å². The molecule has 1 unspecified atom stereocenters. The van der Waals surface area contributed by atoms with Crippen LogP contribution in [-0.4, -0.2) is 23.0 Å². The van der Waals surface area contributed by atoms with E-state index in [0.29, 0.717) is 6.04 Å².